The van der Waals surface area contributed by atoms with Crippen molar-refractivity contribution in [3.05, 3.63) is 29.6 Å². The molecule has 1 aromatic carbocycles. The maximum absolute atomic E-state index is 14.2. The molecule has 2 nitrogen and oxygen atoms in total. The van der Waals surface area contributed by atoms with E-state index in [0.717, 1.165) is 18.7 Å². The molecule has 1 N–H and O–H groups in total. The van der Waals surface area contributed by atoms with Crippen LogP contribution in [0.4, 0.5) is 10.1 Å². The Balaban J connectivity index is 2.96. The fraction of sp³-hybridized carbons (Fsp3) is 0.600. The molecule has 0 spiro atoms. The van der Waals surface area contributed by atoms with E-state index >= 15 is 0 Å². The van der Waals surface area contributed by atoms with E-state index in [1.807, 2.05) is 26.1 Å². The third kappa shape index (κ3) is 3.70. The molecule has 0 saturated carbocycles. The Morgan fingerprint density at radius 1 is 1.28 bits per heavy atom. The highest BCUT2D eigenvalue weighted by Crippen LogP contribution is 2.24. The molecule has 0 bridgehead atoms. The van der Waals surface area contributed by atoms with Gasteiger partial charge in [-0.1, -0.05) is 19.9 Å². The molecule has 1 unspecified atom stereocenters. The molecule has 18 heavy (non-hydrogen) atoms. The molecule has 0 heterocycles. The highest BCUT2D eigenvalue weighted by atomic mass is 19.1. The zero-order valence-corrected chi connectivity index (χ0v) is 12.1. The van der Waals surface area contributed by atoms with Gasteiger partial charge in [0.15, 0.2) is 0 Å². The average Bonchev–Trinajstić information content (AvgIpc) is 2.35. The van der Waals surface area contributed by atoms with Gasteiger partial charge in [0, 0.05) is 19.1 Å². The molecule has 3 heteroatoms. The monoisotopic (exact) mass is 252 g/mol. The first-order valence-electron chi connectivity index (χ1n) is 6.71. The van der Waals surface area contributed by atoms with Gasteiger partial charge in [-0.15, -0.1) is 0 Å². The summed E-state index contributed by atoms with van der Waals surface area (Å²) in [6.45, 7) is 10.1. The maximum atomic E-state index is 14.2. The summed E-state index contributed by atoms with van der Waals surface area (Å²) in [6.07, 6.45) is 0. The molecular formula is C15H25FN2. The Labute approximate surface area is 110 Å². The second kappa shape index (κ2) is 6.74. The molecule has 102 valence electrons. The van der Waals surface area contributed by atoms with Gasteiger partial charge in [-0.05, 0) is 44.5 Å². The van der Waals surface area contributed by atoms with E-state index in [1.54, 1.807) is 6.07 Å². The van der Waals surface area contributed by atoms with Crippen molar-refractivity contribution in [1.82, 2.24) is 5.32 Å². The summed E-state index contributed by atoms with van der Waals surface area (Å²) in [4.78, 5) is 2.09. The smallest absolute Gasteiger partial charge is 0.146 e. The zero-order valence-electron chi connectivity index (χ0n) is 12.1. The Kier molecular flexibility index (Phi) is 5.60. The van der Waals surface area contributed by atoms with Gasteiger partial charge in [-0.3, -0.25) is 0 Å². The van der Waals surface area contributed by atoms with Crippen LogP contribution in [0.2, 0.25) is 0 Å². The quantitative estimate of drug-likeness (QED) is 0.832. The van der Waals surface area contributed by atoms with E-state index in [4.69, 9.17) is 0 Å². The first-order chi connectivity index (χ1) is 8.49. The van der Waals surface area contributed by atoms with Crippen LogP contribution in [0.25, 0.3) is 0 Å². The van der Waals surface area contributed by atoms with E-state index in [1.165, 1.54) is 0 Å². The Hall–Kier alpha value is -1.09. The van der Waals surface area contributed by atoms with Crippen LogP contribution in [0, 0.1) is 11.7 Å². The van der Waals surface area contributed by atoms with Crippen LogP contribution in [0.5, 0.6) is 0 Å². The second-order valence-corrected chi connectivity index (χ2v) is 5.15. The van der Waals surface area contributed by atoms with Gasteiger partial charge < -0.3 is 10.2 Å². The van der Waals surface area contributed by atoms with Gasteiger partial charge in [-0.2, -0.15) is 0 Å². The number of nitrogens with one attached hydrogen (secondary N) is 1. The van der Waals surface area contributed by atoms with Crippen LogP contribution < -0.4 is 10.2 Å². The molecular weight excluding hydrogens is 227 g/mol. The van der Waals surface area contributed by atoms with Crippen molar-refractivity contribution in [1.29, 1.82) is 0 Å². The van der Waals surface area contributed by atoms with Crippen molar-refractivity contribution in [2.75, 3.05) is 25.0 Å². The lowest BCUT2D eigenvalue weighted by molar-refractivity contribution is 0.580. The highest BCUT2D eigenvalue weighted by molar-refractivity contribution is 5.49. The number of rotatable bonds is 6. The van der Waals surface area contributed by atoms with E-state index < -0.39 is 0 Å². The first-order valence-corrected chi connectivity index (χ1v) is 6.71. The first kappa shape index (κ1) is 15.0. The molecule has 0 amide bonds. The fourth-order valence-corrected chi connectivity index (χ4v) is 2.05. The third-order valence-corrected chi connectivity index (χ3v) is 3.21. The number of hydrogen-bond donors (Lipinski definition) is 1. The Bertz CT molecular complexity index is 377. The second-order valence-electron chi connectivity index (χ2n) is 5.15. The summed E-state index contributed by atoms with van der Waals surface area (Å²) in [7, 11) is 1.88. The summed E-state index contributed by atoms with van der Waals surface area (Å²) >= 11 is 0. The number of hydrogen-bond acceptors (Lipinski definition) is 2. The lowest BCUT2D eigenvalue weighted by Crippen LogP contribution is -2.28. The largest absolute Gasteiger partial charge is 0.369 e. The molecule has 0 aromatic heterocycles. The predicted molar refractivity (Wildman–Crippen MR) is 76.6 cm³/mol. The SMILES string of the molecule is CCN(CC(C)C)c1ccc(C(C)NC)cc1F. The van der Waals surface area contributed by atoms with E-state index in [-0.39, 0.29) is 11.9 Å². The Morgan fingerprint density at radius 3 is 2.39 bits per heavy atom. The van der Waals surface area contributed by atoms with Crippen molar-refractivity contribution in [3.8, 4) is 0 Å². The summed E-state index contributed by atoms with van der Waals surface area (Å²) in [5.41, 5.74) is 1.69. The fourth-order valence-electron chi connectivity index (χ4n) is 2.05. The molecule has 0 saturated heterocycles. The summed E-state index contributed by atoms with van der Waals surface area (Å²) in [6, 6.07) is 5.71. The molecule has 1 rings (SSSR count). The minimum absolute atomic E-state index is 0.128. The van der Waals surface area contributed by atoms with Crippen molar-refractivity contribution in [2.24, 2.45) is 5.92 Å². The van der Waals surface area contributed by atoms with Gasteiger partial charge in [0.2, 0.25) is 0 Å². The van der Waals surface area contributed by atoms with Gasteiger partial charge in [0.1, 0.15) is 5.82 Å². The minimum atomic E-state index is -0.128. The van der Waals surface area contributed by atoms with Crippen LogP contribution in [0.1, 0.15) is 39.3 Å². The van der Waals surface area contributed by atoms with Crippen molar-refractivity contribution >= 4 is 5.69 Å². The zero-order chi connectivity index (χ0) is 13.7. The highest BCUT2D eigenvalue weighted by Gasteiger charge is 2.13. The number of anilines is 1. The van der Waals surface area contributed by atoms with E-state index in [9.17, 15) is 4.39 Å². The number of halogens is 1. The standard InChI is InChI=1S/C15H25FN2/c1-6-18(10-11(2)3)15-8-7-13(9-14(15)16)12(4)17-5/h7-9,11-12,17H,6,10H2,1-5H3. The van der Waals surface area contributed by atoms with Crippen LogP contribution in [0.3, 0.4) is 0 Å². The van der Waals surface area contributed by atoms with Crippen LogP contribution in [0.15, 0.2) is 18.2 Å². The number of benzene rings is 1. The average molecular weight is 252 g/mol. The minimum Gasteiger partial charge on any atom is -0.369 e. The molecule has 1 atom stereocenters. The number of nitrogens with zero attached hydrogens (tertiary/aromatic N) is 1. The third-order valence-electron chi connectivity index (χ3n) is 3.21. The molecule has 0 aliphatic carbocycles. The van der Waals surface area contributed by atoms with Crippen molar-refractivity contribution in [3.63, 3.8) is 0 Å². The van der Waals surface area contributed by atoms with Crippen LogP contribution >= 0.6 is 0 Å². The summed E-state index contributed by atoms with van der Waals surface area (Å²) in [5, 5.41) is 3.12. The molecule has 0 radical (unpaired) electrons. The summed E-state index contributed by atoms with van der Waals surface area (Å²) < 4.78 is 14.2. The van der Waals surface area contributed by atoms with Gasteiger partial charge in [-0.25, -0.2) is 4.39 Å². The van der Waals surface area contributed by atoms with E-state index in [0.29, 0.717) is 11.6 Å². The molecule has 1 aromatic rings. The molecule has 0 fully saturated rings. The predicted octanol–water partition coefficient (Wildman–Crippen LogP) is 3.59. The van der Waals surface area contributed by atoms with Crippen LogP contribution in [-0.2, 0) is 0 Å². The normalized spacial score (nSPS) is 12.8. The molecule has 0 aliphatic heterocycles. The molecule has 0 aliphatic rings. The van der Waals surface area contributed by atoms with Crippen LogP contribution in [-0.4, -0.2) is 20.1 Å². The van der Waals surface area contributed by atoms with Gasteiger partial charge >= 0.3 is 0 Å². The maximum Gasteiger partial charge on any atom is 0.146 e. The lowest BCUT2D eigenvalue weighted by Gasteiger charge is -2.26. The van der Waals surface area contributed by atoms with Crippen molar-refractivity contribution in [2.45, 2.75) is 33.7 Å². The van der Waals surface area contributed by atoms with Gasteiger partial charge in [0.05, 0.1) is 5.69 Å². The topological polar surface area (TPSA) is 15.3 Å². The lowest BCUT2D eigenvalue weighted by atomic mass is 10.1. The summed E-state index contributed by atoms with van der Waals surface area (Å²) in [5.74, 6) is 0.400. The van der Waals surface area contributed by atoms with Crippen molar-refractivity contribution < 1.29 is 4.39 Å². The van der Waals surface area contributed by atoms with E-state index in [2.05, 4.69) is 31.0 Å². The Morgan fingerprint density at radius 2 is 1.94 bits per heavy atom. The van der Waals surface area contributed by atoms with Gasteiger partial charge in [0.25, 0.3) is 0 Å².